The number of rotatable bonds is 6. The lowest BCUT2D eigenvalue weighted by Crippen LogP contribution is -2.51. The maximum atomic E-state index is 12.9. The number of nitrogens with zero attached hydrogens (tertiary/aromatic N) is 6. The molecule has 0 aliphatic carbocycles. The largest absolute Gasteiger partial charge is 0.338 e. The number of hydrogen-bond acceptors (Lipinski definition) is 7. The average molecular weight is 455 g/mol. The average Bonchev–Trinajstić information content (AvgIpc) is 3.28. The number of carbonyl (C=O) groups is 2. The van der Waals surface area contributed by atoms with Gasteiger partial charge in [0.25, 0.3) is 0 Å². The van der Waals surface area contributed by atoms with Crippen LogP contribution in [0.3, 0.4) is 0 Å². The molecule has 3 aromatic rings. The number of ketones is 1. The molecule has 11 heteroatoms. The van der Waals surface area contributed by atoms with E-state index in [2.05, 4.69) is 15.4 Å². The summed E-state index contributed by atoms with van der Waals surface area (Å²) in [6.45, 7) is 2.26. The fourth-order valence-corrected chi connectivity index (χ4v) is 4.84. The van der Waals surface area contributed by atoms with E-state index in [9.17, 15) is 18.0 Å². The van der Waals surface area contributed by atoms with Crippen LogP contribution in [0.25, 0.3) is 11.4 Å². The van der Waals surface area contributed by atoms with Gasteiger partial charge in [-0.15, -0.1) is 10.2 Å². The zero-order valence-corrected chi connectivity index (χ0v) is 18.3. The van der Waals surface area contributed by atoms with Gasteiger partial charge < -0.3 is 4.90 Å². The molecule has 2 heterocycles. The van der Waals surface area contributed by atoms with Crippen molar-refractivity contribution >= 4 is 21.7 Å². The Morgan fingerprint density at radius 1 is 0.938 bits per heavy atom. The maximum Gasteiger partial charge on any atom is 0.246 e. The van der Waals surface area contributed by atoms with Gasteiger partial charge in [0.1, 0.15) is 6.54 Å². The van der Waals surface area contributed by atoms with Crippen molar-refractivity contribution in [2.75, 3.05) is 26.2 Å². The van der Waals surface area contributed by atoms with E-state index in [4.69, 9.17) is 0 Å². The first-order valence-corrected chi connectivity index (χ1v) is 11.5. The number of amides is 1. The number of Topliss-reactive ketones (excluding diaryl/α,β-unsaturated/α-hetero) is 1. The van der Waals surface area contributed by atoms with E-state index in [1.165, 1.54) is 40.3 Å². The van der Waals surface area contributed by atoms with Crippen LogP contribution in [-0.2, 0) is 21.4 Å². The van der Waals surface area contributed by atoms with Gasteiger partial charge in [-0.2, -0.15) is 9.10 Å². The van der Waals surface area contributed by atoms with E-state index in [1.54, 1.807) is 4.90 Å². The molecular formula is C21H22N6O4S. The minimum Gasteiger partial charge on any atom is -0.338 e. The van der Waals surface area contributed by atoms with E-state index >= 15 is 0 Å². The summed E-state index contributed by atoms with van der Waals surface area (Å²) in [5, 5.41) is 12.2. The Kier molecular flexibility index (Phi) is 6.10. The minimum atomic E-state index is -3.70. The molecule has 0 radical (unpaired) electrons. The Labute approximate surface area is 185 Å². The molecular weight excluding hydrogens is 432 g/mol. The molecule has 166 valence electrons. The van der Waals surface area contributed by atoms with E-state index in [0.717, 1.165) is 5.56 Å². The van der Waals surface area contributed by atoms with Crippen LogP contribution in [0.5, 0.6) is 0 Å². The number of sulfonamides is 1. The second-order valence-electron chi connectivity index (χ2n) is 7.37. The zero-order valence-electron chi connectivity index (χ0n) is 17.5. The molecule has 0 N–H and O–H groups in total. The first-order chi connectivity index (χ1) is 15.3. The summed E-state index contributed by atoms with van der Waals surface area (Å²) in [5.41, 5.74) is 1.26. The number of piperazine rings is 1. The summed E-state index contributed by atoms with van der Waals surface area (Å²) in [4.78, 5) is 27.0. The number of aromatic nitrogens is 4. The molecule has 32 heavy (non-hydrogen) atoms. The molecule has 0 bridgehead atoms. The highest BCUT2D eigenvalue weighted by Gasteiger charge is 2.30. The number of benzene rings is 2. The van der Waals surface area contributed by atoms with Gasteiger partial charge in [-0.1, -0.05) is 42.5 Å². The predicted octanol–water partition coefficient (Wildman–Crippen LogP) is 1.08. The summed E-state index contributed by atoms with van der Waals surface area (Å²) in [5.74, 6) is 0.105. The van der Waals surface area contributed by atoms with Gasteiger partial charge in [0.15, 0.2) is 5.78 Å². The highest BCUT2D eigenvalue weighted by molar-refractivity contribution is 7.89. The van der Waals surface area contributed by atoms with Crippen LogP contribution >= 0.6 is 0 Å². The van der Waals surface area contributed by atoms with Crippen molar-refractivity contribution in [3.05, 3.63) is 60.2 Å². The summed E-state index contributed by atoms with van der Waals surface area (Å²) in [6, 6.07) is 15.2. The van der Waals surface area contributed by atoms with Crippen LogP contribution in [0.2, 0.25) is 0 Å². The highest BCUT2D eigenvalue weighted by atomic mass is 32.2. The summed E-state index contributed by atoms with van der Waals surface area (Å²) in [7, 11) is -3.70. The molecule has 1 amide bonds. The van der Waals surface area contributed by atoms with Crippen molar-refractivity contribution in [1.29, 1.82) is 0 Å². The Morgan fingerprint density at radius 2 is 1.59 bits per heavy atom. The molecule has 10 nitrogen and oxygen atoms in total. The lowest BCUT2D eigenvalue weighted by atomic mass is 10.2. The van der Waals surface area contributed by atoms with Crippen molar-refractivity contribution in [3.63, 3.8) is 0 Å². The van der Waals surface area contributed by atoms with Crippen LogP contribution in [0, 0.1) is 0 Å². The Hall–Kier alpha value is -3.44. The standard InChI is InChI=1S/C21H22N6O4S/c1-16(28)17-7-9-19(10-8-17)32(30,31)26-13-11-25(12-14-26)20(29)15-27-23-21(22-24-27)18-5-3-2-4-6-18/h2-10H,11-15H2,1H3. The van der Waals surface area contributed by atoms with Crippen molar-refractivity contribution in [1.82, 2.24) is 29.4 Å². The third-order valence-electron chi connectivity index (χ3n) is 5.25. The molecule has 2 aromatic carbocycles. The first-order valence-electron chi connectivity index (χ1n) is 10.1. The monoisotopic (exact) mass is 454 g/mol. The van der Waals surface area contributed by atoms with Gasteiger partial charge >= 0.3 is 0 Å². The summed E-state index contributed by atoms with van der Waals surface area (Å²) < 4.78 is 27.1. The van der Waals surface area contributed by atoms with Crippen LogP contribution < -0.4 is 0 Å². The molecule has 1 fully saturated rings. The number of hydrogen-bond donors (Lipinski definition) is 0. The molecule has 4 rings (SSSR count). The van der Waals surface area contributed by atoms with Gasteiger partial charge in [-0.3, -0.25) is 9.59 Å². The molecule has 0 atom stereocenters. The first kappa shape index (κ1) is 21.8. The molecule has 1 aliphatic rings. The third-order valence-corrected chi connectivity index (χ3v) is 7.16. The normalized spacial score (nSPS) is 15.0. The molecule has 1 saturated heterocycles. The summed E-state index contributed by atoms with van der Waals surface area (Å²) >= 11 is 0. The fourth-order valence-electron chi connectivity index (χ4n) is 3.42. The molecule has 1 aromatic heterocycles. The van der Waals surface area contributed by atoms with Crippen molar-refractivity contribution < 1.29 is 18.0 Å². The Morgan fingerprint density at radius 3 is 2.22 bits per heavy atom. The van der Waals surface area contributed by atoms with E-state index in [1.807, 2.05) is 30.3 Å². The molecule has 0 saturated carbocycles. The molecule has 1 aliphatic heterocycles. The van der Waals surface area contributed by atoms with Gasteiger partial charge in [0, 0.05) is 37.3 Å². The maximum absolute atomic E-state index is 12.9. The SMILES string of the molecule is CC(=O)c1ccc(S(=O)(=O)N2CCN(C(=O)Cn3nnc(-c4ccccc4)n3)CC2)cc1. The van der Waals surface area contributed by atoms with Gasteiger partial charge in [0.2, 0.25) is 21.8 Å². The quantitative estimate of drug-likeness (QED) is 0.511. The van der Waals surface area contributed by atoms with Crippen LogP contribution in [0.15, 0.2) is 59.5 Å². The van der Waals surface area contributed by atoms with Gasteiger partial charge in [-0.05, 0) is 24.3 Å². The Bertz CT molecular complexity index is 1220. The topological polar surface area (TPSA) is 118 Å². The van der Waals surface area contributed by atoms with Crippen molar-refractivity contribution in [2.45, 2.75) is 18.4 Å². The third kappa shape index (κ3) is 4.58. The minimum absolute atomic E-state index is 0.0703. The summed E-state index contributed by atoms with van der Waals surface area (Å²) in [6.07, 6.45) is 0. The number of carbonyl (C=O) groups excluding carboxylic acids is 2. The smallest absolute Gasteiger partial charge is 0.246 e. The van der Waals surface area contributed by atoms with Gasteiger partial charge in [-0.25, -0.2) is 8.42 Å². The predicted molar refractivity (Wildman–Crippen MR) is 115 cm³/mol. The van der Waals surface area contributed by atoms with Crippen LogP contribution in [-0.4, -0.2) is 75.7 Å². The highest BCUT2D eigenvalue weighted by Crippen LogP contribution is 2.19. The zero-order chi connectivity index (χ0) is 22.7. The van der Waals surface area contributed by atoms with Crippen LogP contribution in [0.1, 0.15) is 17.3 Å². The van der Waals surface area contributed by atoms with Gasteiger partial charge in [0.05, 0.1) is 4.90 Å². The Balaban J connectivity index is 1.35. The molecule has 0 spiro atoms. The van der Waals surface area contributed by atoms with E-state index < -0.39 is 10.0 Å². The van der Waals surface area contributed by atoms with E-state index in [-0.39, 0.29) is 49.3 Å². The molecule has 0 unspecified atom stereocenters. The second kappa shape index (κ2) is 8.97. The number of tetrazole rings is 1. The fraction of sp³-hybridized carbons (Fsp3) is 0.286. The lowest BCUT2D eigenvalue weighted by molar-refractivity contribution is -0.133. The van der Waals surface area contributed by atoms with Crippen LogP contribution in [0.4, 0.5) is 0 Å². The van der Waals surface area contributed by atoms with E-state index in [0.29, 0.717) is 11.4 Å². The van der Waals surface area contributed by atoms with Crippen molar-refractivity contribution in [2.24, 2.45) is 0 Å². The second-order valence-corrected chi connectivity index (χ2v) is 9.31. The van der Waals surface area contributed by atoms with Crippen molar-refractivity contribution in [3.8, 4) is 11.4 Å². The lowest BCUT2D eigenvalue weighted by Gasteiger charge is -2.33.